The van der Waals surface area contributed by atoms with E-state index in [-0.39, 0.29) is 30.4 Å². The monoisotopic (exact) mass is 413 g/mol. The van der Waals surface area contributed by atoms with Crippen molar-refractivity contribution in [1.82, 2.24) is 4.98 Å². The molecule has 9 heteroatoms. The zero-order valence-electron chi connectivity index (χ0n) is 15.9. The molecular formula is C20H19N3O5S. The van der Waals surface area contributed by atoms with Crippen molar-refractivity contribution in [2.24, 2.45) is 0 Å². The first kappa shape index (κ1) is 20.3. The molecule has 150 valence electrons. The maximum Gasteiger partial charge on any atom is 0.314 e. The quantitative estimate of drug-likeness (QED) is 0.440. The van der Waals surface area contributed by atoms with Crippen molar-refractivity contribution in [2.45, 2.75) is 20.0 Å². The molecule has 0 atom stereocenters. The first-order valence-electron chi connectivity index (χ1n) is 8.70. The molecule has 8 nitrogen and oxygen atoms in total. The normalized spacial score (nSPS) is 10.4. The van der Waals surface area contributed by atoms with Crippen LogP contribution >= 0.6 is 11.3 Å². The Morgan fingerprint density at radius 3 is 2.79 bits per heavy atom. The van der Waals surface area contributed by atoms with Gasteiger partial charge >= 0.3 is 5.69 Å². The van der Waals surface area contributed by atoms with Gasteiger partial charge in [-0.05, 0) is 30.7 Å². The predicted molar refractivity (Wildman–Crippen MR) is 110 cm³/mol. The average molecular weight is 413 g/mol. The van der Waals surface area contributed by atoms with Gasteiger partial charge in [-0.25, -0.2) is 4.98 Å². The second kappa shape index (κ2) is 9.16. The molecule has 1 heterocycles. The molecule has 1 amide bonds. The van der Waals surface area contributed by atoms with Crippen LogP contribution in [-0.4, -0.2) is 22.9 Å². The van der Waals surface area contributed by atoms with E-state index in [0.29, 0.717) is 16.5 Å². The minimum atomic E-state index is -0.528. The summed E-state index contributed by atoms with van der Waals surface area (Å²) in [6.07, 6.45) is 0.141. The maximum atomic E-state index is 12.2. The summed E-state index contributed by atoms with van der Waals surface area (Å²) in [5, 5.41) is 16.5. The molecule has 0 aliphatic heterocycles. The van der Waals surface area contributed by atoms with E-state index < -0.39 is 4.92 Å². The standard InChI is InChI=1S/C20H19N3O5S/c1-13-5-3-4-6-16(13)22-19(24)10-20-21-14(12-29-20)11-28-18-8-7-15(27-2)9-17(18)23(25)26/h3-9,12H,10-11H2,1-2H3,(H,22,24). The van der Waals surface area contributed by atoms with Gasteiger partial charge in [0.2, 0.25) is 5.91 Å². The van der Waals surface area contributed by atoms with Gasteiger partial charge in [-0.15, -0.1) is 11.3 Å². The number of nitro benzene ring substituents is 1. The van der Waals surface area contributed by atoms with Crippen molar-refractivity contribution < 1.29 is 19.2 Å². The molecule has 3 rings (SSSR count). The van der Waals surface area contributed by atoms with E-state index in [0.717, 1.165) is 11.3 Å². The van der Waals surface area contributed by atoms with Crippen molar-refractivity contribution in [3.8, 4) is 11.5 Å². The molecule has 0 aliphatic rings. The number of ether oxygens (including phenoxy) is 2. The minimum absolute atomic E-state index is 0.0586. The molecule has 1 N–H and O–H groups in total. The van der Waals surface area contributed by atoms with Crippen LogP contribution in [0.2, 0.25) is 0 Å². The zero-order valence-corrected chi connectivity index (χ0v) is 16.7. The van der Waals surface area contributed by atoms with Crippen LogP contribution in [0.25, 0.3) is 0 Å². The Bertz CT molecular complexity index is 1030. The van der Waals surface area contributed by atoms with Crippen molar-refractivity contribution in [2.75, 3.05) is 12.4 Å². The van der Waals surface area contributed by atoms with Crippen LogP contribution in [0.3, 0.4) is 0 Å². The molecule has 0 bridgehead atoms. The van der Waals surface area contributed by atoms with Gasteiger partial charge in [0.25, 0.3) is 0 Å². The van der Waals surface area contributed by atoms with Crippen LogP contribution in [0, 0.1) is 17.0 Å². The summed E-state index contributed by atoms with van der Waals surface area (Å²) in [5.41, 5.74) is 2.16. The van der Waals surface area contributed by atoms with Gasteiger partial charge in [0.15, 0.2) is 5.75 Å². The molecule has 0 unspecified atom stereocenters. The summed E-state index contributed by atoms with van der Waals surface area (Å²) in [4.78, 5) is 27.3. The summed E-state index contributed by atoms with van der Waals surface area (Å²) < 4.78 is 10.6. The second-order valence-corrected chi connectivity index (χ2v) is 7.09. The number of nitrogens with one attached hydrogen (secondary N) is 1. The van der Waals surface area contributed by atoms with E-state index in [1.807, 2.05) is 31.2 Å². The van der Waals surface area contributed by atoms with Crippen LogP contribution in [-0.2, 0) is 17.8 Å². The third-order valence-corrected chi connectivity index (χ3v) is 4.97. The van der Waals surface area contributed by atoms with Crippen LogP contribution in [0.15, 0.2) is 47.8 Å². The minimum Gasteiger partial charge on any atom is -0.496 e. The third-order valence-electron chi connectivity index (χ3n) is 4.07. The van der Waals surface area contributed by atoms with E-state index in [2.05, 4.69) is 10.3 Å². The number of amides is 1. The highest BCUT2D eigenvalue weighted by molar-refractivity contribution is 7.09. The molecule has 0 radical (unpaired) electrons. The number of carbonyl (C=O) groups excluding carboxylic acids is 1. The summed E-state index contributed by atoms with van der Waals surface area (Å²) in [6, 6.07) is 11.9. The number of nitro groups is 1. The zero-order chi connectivity index (χ0) is 20.8. The number of methoxy groups -OCH3 is 1. The topological polar surface area (TPSA) is 104 Å². The SMILES string of the molecule is COc1ccc(OCc2csc(CC(=O)Nc3ccccc3C)n2)c([N+](=O)[O-])c1. The van der Waals surface area contributed by atoms with E-state index >= 15 is 0 Å². The molecular weight excluding hydrogens is 394 g/mol. The van der Waals surface area contributed by atoms with Gasteiger partial charge in [-0.2, -0.15) is 0 Å². The fourth-order valence-corrected chi connectivity index (χ4v) is 3.36. The smallest absolute Gasteiger partial charge is 0.314 e. The third kappa shape index (κ3) is 5.29. The number of hydrogen-bond acceptors (Lipinski definition) is 7. The molecule has 0 aliphatic carbocycles. The number of rotatable bonds is 8. The second-order valence-electron chi connectivity index (χ2n) is 6.15. The Labute approximate surface area is 171 Å². The fourth-order valence-electron chi connectivity index (χ4n) is 2.58. The Balaban J connectivity index is 1.60. The van der Waals surface area contributed by atoms with Gasteiger partial charge in [-0.1, -0.05) is 18.2 Å². The fraction of sp³-hybridized carbons (Fsp3) is 0.200. The van der Waals surface area contributed by atoms with Gasteiger partial charge in [-0.3, -0.25) is 14.9 Å². The number of hydrogen-bond donors (Lipinski definition) is 1. The maximum absolute atomic E-state index is 12.2. The lowest BCUT2D eigenvalue weighted by molar-refractivity contribution is -0.386. The Morgan fingerprint density at radius 1 is 1.28 bits per heavy atom. The lowest BCUT2D eigenvalue weighted by Gasteiger charge is -2.07. The number of anilines is 1. The molecule has 0 saturated carbocycles. The molecule has 1 aromatic heterocycles. The van der Waals surface area contributed by atoms with Gasteiger partial charge < -0.3 is 14.8 Å². The van der Waals surface area contributed by atoms with E-state index in [1.54, 1.807) is 11.4 Å². The Morgan fingerprint density at radius 2 is 2.07 bits per heavy atom. The predicted octanol–water partition coefficient (Wildman–Crippen LogP) is 4.13. The Kier molecular flexibility index (Phi) is 6.40. The van der Waals surface area contributed by atoms with Gasteiger partial charge in [0.1, 0.15) is 17.4 Å². The highest BCUT2D eigenvalue weighted by atomic mass is 32.1. The van der Waals surface area contributed by atoms with Crippen LogP contribution in [0.5, 0.6) is 11.5 Å². The van der Waals surface area contributed by atoms with E-state index in [4.69, 9.17) is 9.47 Å². The molecule has 29 heavy (non-hydrogen) atoms. The number of nitrogens with zero attached hydrogens (tertiary/aromatic N) is 2. The molecule has 0 fully saturated rings. The first-order chi connectivity index (χ1) is 14.0. The van der Waals surface area contributed by atoms with Crippen LogP contribution in [0.1, 0.15) is 16.3 Å². The lowest BCUT2D eigenvalue weighted by Crippen LogP contribution is -2.15. The molecule has 0 saturated heterocycles. The van der Waals surface area contributed by atoms with Gasteiger partial charge in [0.05, 0.1) is 30.2 Å². The number of thiazole rings is 1. The van der Waals surface area contributed by atoms with Crippen LogP contribution < -0.4 is 14.8 Å². The van der Waals surface area contributed by atoms with Gasteiger partial charge in [0, 0.05) is 11.1 Å². The lowest BCUT2D eigenvalue weighted by atomic mass is 10.2. The largest absolute Gasteiger partial charge is 0.496 e. The van der Waals surface area contributed by atoms with Crippen molar-refractivity contribution in [3.63, 3.8) is 0 Å². The highest BCUT2D eigenvalue weighted by Gasteiger charge is 2.17. The Hall–Kier alpha value is -3.46. The molecule has 0 spiro atoms. The number of aryl methyl sites for hydroxylation is 1. The summed E-state index contributed by atoms with van der Waals surface area (Å²) >= 11 is 1.34. The molecule has 2 aromatic carbocycles. The average Bonchev–Trinajstić information content (AvgIpc) is 3.15. The van der Waals surface area contributed by atoms with Crippen molar-refractivity contribution >= 4 is 28.6 Å². The highest BCUT2D eigenvalue weighted by Crippen LogP contribution is 2.31. The number of aromatic nitrogens is 1. The molecule has 3 aromatic rings. The van der Waals surface area contributed by atoms with Crippen molar-refractivity contribution in [1.29, 1.82) is 0 Å². The van der Waals surface area contributed by atoms with Crippen LogP contribution in [0.4, 0.5) is 11.4 Å². The van der Waals surface area contributed by atoms with Crippen molar-refractivity contribution in [3.05, 3.63) is 74.2 Å². The van der Waals surface area contributed by atoms with E-state index in [1.165, 1.54) is 30.6 Å². The number of para-hydroxylation sites is 1. The summed E-state index contributed by atoms with van der Waals surface area (Å²) in [7, 11) is 1.44. The summed E-state index contributed by atoms with van der Waals surface area (Å²) in [5.74, 6) is 0.342. The number of carbonyl (C=O) groups is 1. The number of benzene rings is 2. The first-order valence-corrected chi connectivity index (χ1v) is 9.58. The van der Waals surface area contributed by atoms with E-state index in [9.17, 15) is 14.9 Å². The summed E-state index contributed by atoms with van der Waals surface area (Å²) in [6.45, 7) is 1.98.